The number of carbonyl (C=O) groups is 1. The van der Waals surface area contributed by atoms with Crippen molar-refractivity contribution < 1.29 is 4.79 Å². The van der Waals surface area contributed by atoms with E-state index in [1.165, 1.54) is 5.56 Å². The Bertz CT molecular complexity index is 757. The third-order valence-electron chi connectivity index (χ3n) is 4.91. The van der Waals surface area contributed by atoms with E-state index < -0.39 is 0 Å². The van der Waals surface area contributed by atoms with Gasteiger partial charge in [0.15, 0.2) is 0 Å². The third kappa shape index (κ3) is 2.75. The summed E-state index contributed by atoms with van der Waals surface area (Å²) in [5.41, 5.74) is 2.94. The predicted octanol–water partition coefficient (Wildman–Crippen LogP) is 3.89. The van der Waals surface area contributed by atoms with Crippen LogP contribution in [-0.2, 0) is 0 Å². The van der Waals surface area contributed by atoms with Gasteiger partial charge in [-0.05, 0) is 31.2 Å². The van der Waals surface area contributed by atoms with Crippen molar-refractivity contribution in [3.8, 4) is 0 Å². The number of hydrogen-bond acceptors (Lipinski definition) is 3. The number of anilines is 1. The predicted molar refractivity (Wildman–Crippen MR) is 92.8 cm³/mol. The van der Waals surface area contributed by atoms with Crippen LogP contribution < -0.4 is 5.32 Å². The topological polar surface area (TPSA) is 58.1 Å². The largest absolute Gasteiger partial charge is 0.322 e. The van der Waals surface area contributed by atoms with E-state index in [2.05, 4.69) is 34.3 Å². The summed E-state index contributed by atoms with van der Waals surface area (Å²) in [5.74, 6) is 1.70. The molecule has 2 aliphatic rings. The molecule has 2 heterocycles. The van der Waals surface area contributed by atoms with E-state index >= 15 is 0 Å². The van der Waals surface area contributed by atoms with Crippen LogP contribution in [0.5, 0.6) is 0 Å². The number of likely N-dealkylation sites (tertiary alicyclic amines) is 1. The molecule has 5 heteroatoms. The van der Waals surface area contributed by atoms with E-state index in [9.17, 15) is 4.79 Å². The molecule has 124 valence electrons. The minimum absolute atomic E-state index is 0.0590. The highest BCUT2D eigenvalue weighted by molar-refractivity contribution is 5.90. The van der Waals surface area contributed by atoms with E-state index in [0.717, 1.165) is 36.6 Å². The second-order valence-electron chi connectivity index (χ2n) is 6.91. The van der Waals surface area contributed by atoms with Gasteiger partial charge in [0.25, 0.3) is 0 Å². The van der Waals surface area contributed by atoms with Gasteiger partial charge in [-0.1, -0.05) is 37.3 Å². The number of rotatable bonds is 3. The summed E-state index contributed by atoms with van der Waals surface area (Å²) in [5, 5.41) is 3.04. The Labute approximate surface area is 142 Å². The van der Waals surface area contributed by atoms with Crippen LogP contribution in [0.2, 0.25) is 0 Å². The normalized spacial score (nSPS) is 22.8. The molecule has 1 N–H and O–H groups in total. The van der Waals surface area contributed by atoms with Crippen molar-refractivity contribution >= 4 is 11.7 Å². The van der Waals surface area contributed by atoms with Crippen LogP contribution in [0.15, 0.2) is 36.5 Å². The molecule has 1 aromatic carbocycles. The smallest absolute Gasteiger partial charge is 0.317 e. The van der Waals surface area contributed by atoms with Crippen LogP contribution in [0.25, 0.3) is 0 Å². The molecule has 1 saturated heterocycles. The van der Waals surface area contributed by atoms with E-state index in [4.69, 9.17) is 0 Å². The van der Waals surface area contributed by atoms with Crippen molar-refractivity contribution in [2.24, 2.45) is 5.92 Å². The highest BCUT2D eigenvalue weighted by Crippen LogP contribution is 2.43. The van der Waals surface area contributed by atoms with E-state index in [1.807, 2.05) is 30.0 Å². The van der Waals surface area contributed by atoms with E-state index in [-0.39, 0.29) is 12.1 Å². The zero-order valence-corrected chi connectivity index (χ0v) is 14.1. The Morgan fingerprint density at radius 2 is 2.00 bits per heavy atom. The first-order valence-corrected chi connectivity index (χ1v) is 8.59. The van der Waals surface area contributed by atoms with Crippen LogP contribution >= 0.6 is 0 Å². The lowest BCUT2D eigenvalue weighted by atomic mass is 9.85. The zero-order chi connectivity index (χ0) is 16.7. The average Bonchev–Trinajstić information content (AvgIpc) is 3.40. The standard InChI is InChI=1S/C19H22N4O/c1-12-11-23(18(12)15-6-4-3-5-7-15)19(24)22-16-10-20-13(2)21-17(16)14-8-9-14/h3-7,10,12,14,18H,8-9,11H2,1-2H3,(H,22,24)/t12-,18+/m0/s1. The highest BCUT2D eigenvalue weighted by atomic mass is 16.2. The monoisotopic (exact) mass is 322 g/mol. The third-order valence-corrected chi connectivity index (χ3v) is 4.91. The van der Waals surface area contributed by atoms with Gasteiger partial charge in [-0.25, -0.2) is 14.8 Å². The number of aryl methyl sites for hydroxylation is 1. The molecule has 1 aliphatic heterocycles. The molecule has 5 nitrogen and oxygen atoms in total. The average molecular weight is 322 g/mol. The van der Waals surface area contributed by atoms with Gasteiger partial charge in [-0.3, -0.25) is 0 Å². The maximum atomic E-state index is 12.8. The van der Waals surface area contributed by atoms with Gasteiger partial charge >= 0.3 is 6.03 Å². The second-order valence-corrected chi connectivity index (χ2v) is 6.91. The van der Waals surface area contributed by atoms with Gasteiger partial charge in [0.1, 0.15) is 5.82 Å². The van der Waals surface area contributed by atoms with Crippen molar-refractivity contribution in [3.05, 3.63) is 53.6 Å². The van der Waals surface area contributed by atoms with Crippen molar-refractivity contribution in [3.63, 3.8) is 0 Å². The summed E-state index contributed by atoms with van der Waals surface area (Å²) in [4.78, 5) is 23.5. The lowest BCUT2D eigenvalue weighted by molar-refractivity contribution is 0.0670. The SMILES string of the molecule is Cc1ncc(NC(=O)N2C[C@H](C)[C@@H]2c2ccccc2)c(C2CC2)n1. The molecule has 24 heavy (non-hydrogen) atoms. The summed E-state index contributed by atoms with van der Waals surface area (Å²) in [6.45, 7) is 4.85. The summed E-state index contributed by atoms with van der Waals surface area (Å²) in [7, 11) is 0. The van der Waals surface area contributed by atoms with Gasteiger partial charge in [0.05, 0.1) is 23.6 Å². The fourth-order valence-electron chi connectivity index (χ4n) is 3.50. The minimum atomic E-state index is -0.0590. The van der Waals surface area contributed by atoms with Crippen LogP contribution in [0.4, 0.5) is 10.5 Å². The number of carbonyl (C=O) groups excluding carboxylic acids is 1. The molecule has 1 saturated carbocycles. The fraction of sp³-hybridized carbons (Fsp3) is 0.421. The van der Waals surface area contributed by atoms with Crippen molar-refractivity contribution in [1.82, 2.24) is 14.9 Å². The molecule has 2 amide bonds. The van der Waals surface area contributed by atoms with Gasteiger partial charge in [0.2, 0.25) is 0 Å². The van der Waals surface area contributed by atoms with Crippen molar-refractivity contribution in [2.75, 3.05) is 11.9 Å². The Kier molecular flexibility index (Phi) is 3.71. The van der Waals surface area contributed by atoms with E-state index in [0.29, 0.717) is 11.8 Å². The number of hydrogen-bond donors (Lipinski definition) is 1. The Morgan fingerprint density at radius 1 is 1.25 bits per heavy atom. The summed E-state index contributed by atoms with van der Waals surface area (Å²) in [6, 6.07) is 10.3. The molecule has 0 spiro atoms. The zero-order valence-electron chi connectivity index (χ0n) is 14.1. The van der Waals surface area contributed by atoms with E-state index in [1.54, 1.807) is 6.20 Å². The number of aromatic nitrogens is 2. The molecular weight excluding hydrogens is 300 g/mol. The fourth-order valence-corrected chi connectivity index (χ4v) is 3.50. The first-order valence-electron chi connectivity index (χ1n) is 8.59. The first kappa shape index (κ1) is 15.1. The lowest BCUT2D eigenvalue weighted by Gasteiger charge is -2.46. The molecule has 0 bridgehead atoms. The van der Waals surface area contributed by atoms with Crippen molar-refractivity contribution in [1.29, 1.82) is 0 Å². The number of benzene rings is 1. The lowest BCUT2D eigenvalue weighted by Crippen LogP contribution is -2.53. The highest BCUT2D eigenvalue weighted by Gasteiger charge is 2.40. The Morgan fingerprint density at radius 3 is 2.67 bits per heavy atom. The van der Waals surface area contributed by atoms with Gasteiger partial charge in [-0.15, -0.1) is 0 Å². The molecule has 4 rings (SSSR count). The van der Waals surface area contributed by atoms with Crippen molar-refractivity contribution in [2.45, 2.75) is 38.6 Å². The van der Waals surface area contributed by atoms with Gasteiger partial charge in [0, 0.05) is 12.5 Å². The number of nitrogens with one attached hydrogen (secondary N) is 1. The maximum absolute atomic E-state index is 12.8. The second kappa shape index (κ2) is 5.89. The van der Waals surface area contributed by atoms with Gasteiger partial charge in [-0.2, -0.15) is 0 Å². The summed E-state index contributed by atoms with van der Waals surface area (Å²) < 4.78 is 0. The molecule has 0 unspecified atom stereocenters. The molecule has 1 aromatic heterocycles. The molecule has 2 fully saturated rings. The molecule has 2 aromatic rings. The Balaban J connectivity index is 1.53. The van der Waals surface area contributed by atoms with Crippen LogP contribution in [-0.4, -0.2) is 27.4 Å². The number of amides is 2. The Hall–Kier alpha value is -2.43. The maximum Gasteiger partial charge on any atom is 0.322 e. The van der Waals surface area contributed by atoms with Crippen LogP contribution in [0.1, 0.15) is 48.8 Å². The molecule has 1 aliphatic carbocycles. The van der Waals surface area contributed by atoms with Crippen LogP contribution in [0.3, 0.4) is 0 Å². The van der Waals surface area contributed by atoms with Crippen LogP contribution in [0, 0.1) is 12.8 Å². The minimum Gasteiger partial charge on any atom is -0.317 e. The quantitative estimate of drug-likeness (QED) is 0.932. The summed E-state index contributed by atoms with van der Waals surface area (Å²) in [6.07, 6.45) is 4.04. The number of nitrogens with zero attached hydrogens (tertiary/aromatic N) is 3. The molecule has 2 atom stereocenters. The summed E-state index contributed by atoms with van der Waals surface area (Å²) >= 11 is 0. The van der Waals surface area contributed by atoms with Gasteiger partial charge < -0.3 is 10.2 Å². The first-order chi connectivity index (χ1) is 11.6. The molecular formula is C19H22N4O. The molecule has 0 radical (unpaired) electrons. The number of urea groups is 1.